The van der Waals surface area contributed by atoms with Crippen LogP contribution in [0.25, 0.3) is 0 Å². The van der Waals surface area contributed by atoms with Crippen molar-refractivity contribution in [3.8, 4) is 0 Å². The molecule has 102 valence electrons. The number of hydrogen-bond acceptors (Lipinski definition) is 3. The fourth-order valence-electron chi connectivity index (χ4n) is 2.08. The van der Waals surface area contributed by atoms with Gasteiger partial charge in [-0.25, -0.2) is 4.79 Å². The number of carbonyl (C=O) groups is 3. The Hall–Kier alpha value is -1.79. The lowest BCUT2D eigenvalue weighted by molar-refractivity contribution is -0.141. The molecule has 0 radical (unpaired) electrons. The third-order valence-electron chi connectivity index (χ3n) is 3.12. The molecular formula is C11H19N3O4. The molecule has 0 aromatic heterocycles. The summed E-state index contributed by atoms with van der Waals surface area (Å²) >= 11 is 0. The van der Waals surface area contributed by atoms with Gasteiger partial charge in [0.1, 0.15) is 6.04 Å². The normalized spacial score (nSPS) is 20.6. The molecule has 2 unspecified atom stereocenters. The third-order valence-corrected chi connectivity index (χ3v) is 3.12. The summed E-state index contributed by atoms with van der Waals surface area (Å²) in [7, 11) is 1.53. The van der Waals surface area contributed by atoms with Crippen molar-refractivity contribution < 1.29 is 19.5 Å². The van der Waals surface area contributed by atoms with Gasteiger partial charge in [-0.05, 0) is 12.8 Å². The van der Waals surface area contributed by atoms with Crippen molar-refractivity contribution in [2.45, 2.75) is 25.8 Å². The predicted molar refractivity (Wildman–Crippen MR) is 63.7 cm³/mol. The van der Waals surface area contributed by atoms with E-state index in [9.17, 15) is 14.4 Å². The van der Waals surface area contributed by atoms with E-state index in [0.29, 0.717) is 13.0 Å². The van der Waals surface area contributed by atoms with E-state index < -0.39 is 23.8 Å². The number of nitrogens with two attached hydrogens (primary N) is 1. The molecule has 0 spiro atoms. The van der Waals surface area contributed by atoms with Gasteiger partial charge >= 0.3 is 12.0 Å². The van der Waals surface area contributed by atoms with Crippen molar-refractivity contribution in [3.63, 3.8) is 0 Å². The molecule has 1 fully saturated rings. The first kappa shape index (κ1) is 14.3. The summed E-state index contributed by atoms with van der Waals surface area (Å²) in [6.45, 7) is 2.12. The van der Waals surface area contributed by atoms with Gasteiger partial charge < -0.3 is 20.6 Å². The first-order chi connectivity index (χ1) is 8.34. The molecule has 3 N–H and O–H groups in total. The highest BCUT2D eigenvalue weighted by Crippen LogP contribution is 2.18. The highest BCUT2D eigenvalue weighted by Gasteiger charge is 2.34. The number of rotatable bonds is 4. The first-order valence-electron chi connectivity index (χ1n) is 5.88. The summed E-state index contributed by atoms with van der Waals surface area (Å²) in [6.07, 6.45) is 1.31. The van der Waals surface area contributed by atoms with Crippen molar-refractivity contribution >= 4 is 17.9 Å². The minimum absolute atomic E-state index is 0.107. The van der Waals surface area contributed by atoms with Gasteiger partial charge in [-0.3, -0.25) is 9.59 Å². The smallest absolute Gasteiger partial charge is 0.320 e. The lowest BCUT2D eigenvalue weighted by atomic mass is 10.2. The van der Waals surface area contributed by atoms with Crippen LogP contribution in [0.5, 0.6) is 0 Å². The number of carboxylic acid groups (broad SMARTS) is 1. The molecule has 0 saturated carbocycles. The van der Waals surface area contributed by atoms with Gasteiger partial charge in [0, 0.05) is 20.1 Å². The fraction of sp³-hybridized carbons (Fsp3) is 0.727. The van der Waals surface area contributed by atoms with Crippen LogP contribution in [0.4, 0.5) is 4.79 Å². The molecule has 1 heterocycles. The van der Waals surface area contributed by atoms with Gasteiger partial charge in [0.15, 0.2) is 0 Å². The molecule has 7 heteroatoms. The van der Waals surface area contributed by atoms with Crippen LogP contribution in [-0.2, 0) is 9.59 Å². The zero-order valence-corrected chi connectivity index (χ0v) is 10.6. The van der Waals surface area contributed by atoms with Crippen LogP contribution in [-0.4, -0.2) is 59.0 Å². The molecule has 1 rings (SSSR count). The van der Waals surface area contributed by atoms with Crippen LogP contribution in [0.1, 0.15) is 19.8 Å². The van der Waals surface area contributed by atoms with E-state index in [4.69, 9.17) is 10.8 Å². The quantitative estimate of drug-likeness (QED) is 0.722. The van der Waals surface area contributed by atoms with Gasteiger partial charge in [0.25, 0.3) is 0 Å². The molecule has 1 aliphatic heterocycles. The zero-order valence-electron chi connectivity index (χ0n) is 10.6. The third kappa shape index (κ3) is 3.12. The average Bonchev–Trinajstić information content (AvgIpc) is 2.76. The molecule has 0 aromatic rings. The summed E-state index contributed by atoms with van der Waals surface area (Å²) in [6, 6.07) is -0.913. The lowest BCUT2D eigenvalue weighted by Gasteiger charge is -2.28. The standard InChI is InChI=1S/C11H19N3O4/c1-7(10(16)17)6-13(2)11(18)14-5-3-4-8(14)9(12)15/h7-8H,3-6H2,1-2H3,(H2,12,15)(H,16,17). The largest absolute Gasteiger partial charge is 0.481 e. The fourth-order valence-corrected chi connectivity index (χ4v) is 2.08. The van der Waals surface area contributed by atoms with Crippen LogP contribution in [0.3, 0.4) is 0 Å². The van der Waals surface area contributed by atoms with E-state index in [-0.39, 0.29) is 12.6 Å². The highest BCUT2D eigenvalue weighted by atomic mass is 16.4. The number of hydrogen-bond donors (Lipinski definition) is 2. The van der Waals surface area contributed by atoms with E-state index in [2.05, 4.69) is 0 Å². The predicted octanol–water partition coefficient (Wildman–Crippen LogP) is -0.291. The number of primary amides is 1. The number of nitrogens with zero attached hydrogens (tertiary/aromatic N) is 2. The number of amides is 3. The summed E-state index contributed by atoms with van der Waals surface area (Å²) in [5.41, 5.74) is 5.23. The molecule has 0 aliphatic carbocycles. The Morgan fingerprint density at radius 2 is 2.11 bits per heavy atom. The van der Waals surface area contributed by atoms with Crippen LogP contribution < -0.4 is 5.73 Å². The zero-order chi connectivity index (χ0) is 13.9. The average molecular weight is 257 g/mol. The van der Waals surface area contributed by atoms with E-state index in [1.165, 1.54) is 23.8 Å². The van der Waals surface area contributed by atoms with Crippen LogP contribution in [0.2, 0.25) is 0 Å². The van der Waals surface area contributed by atoms with E-state index >= 15 is 0 Å². The molecule has 7 nitrogen and oxygen atoms in total. The first-order valence-corrected chi connectivity index (χ1v) is 5.88. The van der Waals surface area contributed by atoms with Crippen molar-refractivity contribution in [1.82, 2.24) is 9.80 Å². The second kappa shape index (κ2) is 5.70. The van der Waals surface area contributed by atoms with Crippen molar-refractivity contribution in [3.05, 3.63) is 0 Å². The Morgan fingerprint density at radius 3 is 2.61 bits per heavy atom. The van der Waals surface area contributed by atoms with E-state index in [1.54, 1.807) is 0 Å². The monoisotopic (exact) mass is 257 g/mol. The van der Waals surface area contributed by atoms with Gasteiger partial charge in [0.2, 0.25) is 5.91 Å². The number of carboxylic acids is 1. The summed E-state index contributed by atoms with van der Waals surface area (Å²) in [5, 5.41) is 8.79. The van der Waals surface area contributed by atoms with Gasteiger partial charge in [0.05, 0.1) is 5.92 Å². The molecule has 18 heavy (non-hydrogen) atoms. The van der Waals surface area contributed by atoms with Gasteiger partial charge in [-0.15, -0.1) is 0 Å². The van der Waals surface area contributed by atoms with Crippen LogP contribution in [0.15, 0.2) is 0 Å². The second-order valence-electron chi connectivity index (χ2n) is 4.66. The Kier molecular flexibility index (Phi) is 4.52. The maximum absolute atomic E-state index is 12.1. The van der Waals surface area contributed by atoms with Gasteiger partial charge in [-0.2, -0.15) is 0 Å². The van der Waals surface area contributed by atoms with E-state index in [1.807, 2.05) is 0 Å². The topological polar surface area (TPSA) is 104 Å². The Labute approximate surface area is 106 Å². The second-order valence-corrected chi connectivity index (χ2v) is 4.66. The molecule has 2 atom stereocenters. The van der Waals surface area contributed by atoms with Crippen LogP contribution >= 0.6 is 0 Å². The minimum Gasteiger partial charge on any atom is -0.481 e. The molecule has 0 bridgehead atoms. The molecule has 1 saturated heterocycles. The summed E-state index contributed by atoms with van der Waals surface area (Å²) in [4.78, 5) is 36.7. The van der Waals surface area contributed by atoms with Crippen molar-refractivity contribution in [2.24, 2.45) is 11.7 Å². The van der Waals surface area contributed by atoms with Crippen LogP contribution in [0, 0.1) is 5.92 Å². The molecule has 0 aromatic carbocycles. The maximum atomic E-state index is 12.1. The Morgan fingerprint density at radius 1 is 1.50 bits per heavy atom. The molecule has 3 amide bonds. The number of urea groups is 1. The summed E-state index contributed by atoms with van der Waals surface area (Å²) in [5.74, 6) is -2.11. The SMILES string of the molecule is CC(CN(C)C(=O)N1CCCC1C(N)=O)C(=O)O. The lowest BCUT2D eigenvalue weighted by Crippen LogP contribution is -2.49. The van der Waals surface area contributed by atoms with Gasteiger partial charge in [-0.1, -0.05) is 6.92 Å². The Bertz CT molecular complexity index is 358. The number of likely N-dealkylation sites (tertiary alicyclic amines) is 1. The number of carbonyl (C=O) groups excluding carboxylic acids is 2. The maximum Gasteiger partial charge on any atom is 0.320 e. The minimum atomic E-state index is -0.956. The van der Waals surface area contributed by atoms with Crippen molar-refractivity contribution in [1.29, 1.82) is 0 Å². The Balaban J connectivity index is 2.63. The van der Waals surface area contributed by atoms with E-state index in [0.717, 1.165) is 6.42 Å². The highest BCUT2D eigenvalue weighted by molar-refractivity contribution is 5.86. The summed E-state index contributed by atoms with van der Waals surface area (Å²) < 4.78 is 0. The molecule has 1 aliphatic rings. The molecular weight excluding hydrogens is 238 g/mol. The van der Waals surface area contributed by atoms with Crippen molar-refractivity contribution in [2.75, 3.05) is 20.1 Å². The number of aliphatic carboxylic acids is 1.